The summed E-state index contributed by atoms with van der Waals surface area (Å²) in [6.07, 6.45) is 0. The van der Waals surface area contributed by atoms with Crippen molar-refractivity contribution in [3.63, 3.8) is 0 Å². The second kappa shape index (κ2) is 8.26. The molecule has 7 heteroatoms. The van der Waals surface area contributed by atoms with Crippen molar-refractivity contribution in [3.8, 4) is 11.5 Å². The molecule has 27 heavy (non-hydrogen) atoms. The van der Waals surface area contributed by atoms with Gasteiger partial charge in [0, 0.05) is 41.1 Å². The van der Waals surface area contributed by atoms with Gasteiger partial charge < -0.3 is 9.32 Å². The van der Waals surface area contributed by atoms with E-state index in [0.717, 1.165) is 11.3 Å². The number of carbonyl (C=O) groups is 1. The Morgan fingerprint density at radius 1 is 1.11 bits per heavy atom. The van der Waals surface area contributed by atoms with Gasteiger partial charge in [0.15, 0.2) is 0 Å². The van der Waals surface area contributed by atoms with Gasteiger partial charge in [0.1, 0.15) is 0 Å². The van der Waals surface area contributed by atoms with Gasteiger partial charge in [-0.05, 0) is 42.5 Å². The molecule has 0 aliphatic rings. The van der Waals surface area contributed by atoms with Crippen LogP contribution in [-0.4, -0.2) is 35.4 Å². The Kier molecular flexibility index (Phi) is 5.81. The van der Waals surface area contributed by atoms with Crippen LogP contribution in [0.1, 0.15) is 24.2 Å². The monoisotopic (exact) mass is 382 g/mol. The van der Waals surface area contributed by atoms with Crippen LogP contribution in [0.3, 0.4) is 0 Å². The van der Waals surface area contributed by atoms with E-state index < -0.39 is 0 Å². The zero-order chi connectivity index (χ0) is 19.4. The van der Waals surface area contributed by atoms with Crippen LogP contribution in [0, 0.1) is 0 Å². The number of thioether (sulfide) groups is 1. The average Bonchev–Trinajstić information content (AvgIpc) is 3.10. The Labute approximate surface area is 163 Å². The third-order valence-electron chi connectivity index (χ3n) is 3.74. The second-order valence-electron chi connectivity index (χ2n) is 6.50. The van der Waals surface area contributed by atoms with Crippen LogP contribution >= 0.6 is 11.8 Å². The largest absolute Gasteiger partial charge is 0.403 e. The summed E-state index contributed by atoms with van der Waals surface area (Å²) < 4.78 is 5.59. The number of nitrogens with zero attached hydrogens (tertiary/aromatic N) is 3. The van der Waals surface area contributed by atoms with E-state index in [0.29, 0.717) is 16.7 Å². The van der Waals surface area contributed by atoms with Crippen molar-refractivity contribution in [1.29, 1.82) is 0 Å². The molecule has 0 aliphatic heterocycles. The highest BCUT2D eigenvalue weighted by Crippen LogP contribution is 2.26. The van der Waals surface area contributed by atoms with Gasteiger partial charge in [0.25, 0.3) is 5.91 Å². The minimum atomic E-state index is -0.294. The summed E-state index contributed by atoms with van der Waals surface area (Å²) in [6.45, 7) is 4.31. The molecule has 1 N–H and O–H groups in total. The number of anilines is 2. The maximum Gasteiger partial charge on any atom is 0.322 e. The van der Waals surface area contributed by atoms with Crippen LogP contribution in [0.15, 0.2) is 57.8 Å². The highest BCUT2D eigenvalue weighted by atomic mass is 32.2. The lowest BCUT2D eigenvalue weighted by Gasteiger charge is -2.12. The predicted molar refractivity (Wildman–Crippen MR) is 109 cm³/mol. The van der Waals surface area contributed by atoms with Crippen molar-refractivity contribution < 1.29 is 9.21 Å². The van der Waals surface area contributed by atoms with Crippen LogP contribution in [0.2, 0.25) is 0 Å². The van der Waals surface area contributed by atoms with Crippen molar-refractivity contribution in [3.05, 3.63) is 54.1 Å². The average molecular weight is 382 g/mol. The van der Waals surface area contributed by atoms with Crippen molar-refractivity contribution in [2.45, 2.75) is 24.0 Å². The van der Waals surface area contributed by atoms with Crippen LogP contribution in [0.5, 0.6) is 0 Å². The fourth-order valence-electron chi connectivity index (χ4n) is 2.43. The van der Waals surface area contributed by atoms with Gasteiger partial charge in [-0.25, -0.2) is 0 Å². The molecule has 0 fully saturated rings. The fraction of sp³-hybridized carbons (Fsp3) is 0.250. The number of aromatic nitrogens is 2. The summed E-state index contributed by atoms with van der Waals surface area (Å²) in [5.74, 6) is 0.0750. The number of hydrogen-bond donors (Lipinski definition) is 1. The summed E-state index contributed by atoms with van der Waals surface area (Å²) in [7, 11) is 3.85. The molecule has 0 bridgehead atoms. The summed E-state index contributed by atoms with van der Waals surface area (Å²) in [5, 5.41) is 11.1. The molecule has 3 aromatic rings. The topological polar surface area (TPSA) is 71.3 Å². The zero-order valence-corrected chi connectivity index (χ0v) is 16.6. The van der Waals surface area contributed by atoms with Gasteiger partial charge in [0.05, 0.1) is 0 Å². The Morgan fingerprint density at radius 2 is 1.85 bits per heavy atom. The highest BCUT2D eigenvalue weighted by molar-refractivity contribution is 7.99. The molecule has 1 heterocycles. The molecule has 0 unspecified atom stereocenters. The molecule has 1 aromatic heterocycles. The van der Waals surface area contributed by atoms with E-state index >= 15 is 0 Å². The van der Waals surface area contributed by atoms with Crippen molar-refractivity contribution in [1.82, 2.24) is 10.2 Å². The molecule has 0 spiro atoms. The van der Waals surface area contributed by atoms with Crippen LogP contribution < -0.4 is 10.2 Å². The number of amides is 1. The van der Waals surface area contributed by atoms with Crippen LogP contribution in [0.4, 0.5) is 11.7 Å². The van der Waals surface area contributed by atoms with E-state index in [2.05, 4.69) is 29.4 Å². The predicted octanol–water partition coefficient (Wildman–Crippen LogP) is 4.56. The molecule has 0 saturated heterocycles. The summed E-state index contributed by atoms with van der Waals surface area (Å²) in [6, 6.07) is 15.3. The van der Waals surface area contributed by atoms with E-state index in [9.17, 15) is 4.79 Å². The minimum absolute atomic E-state index is 0.0749. The molecule has 6 nitrogen and oxygen atoms in total. The Bertz CT molecular complexity index is 920. The van der Waals surface area contributed by atoms with Gasteiger partial charge in [-0.3, -0.25) is 10.1 Å². The molecule has 0 radical (unpaired) electrons. The van der Waals surface area contributed by atoms with E-state index in [1.807, 2.05) is 55.4 Å². The fourth-order valence-corrected chi connectivity index (χ4v) is 3.27. The summed E-state index contributed by atoms with van der Waals surface area (Å²) in [5.41, 5.74) is 2.27. The van der Waals surface area contributed by atoms with E-state index in [-0.39, 0.29) is 11.9 Å². The Hall–Kier alpha value is -2.80. The molecular weight excluding hydrogens is 360 g/mol. The maximum absolute atomic E-state index is 12.4. The second-order valence-corrected chi connectivity index (χ2v) is 8.15. The molecule has 0 saturated carbocycles. The van der Waals surface area contributed by atoms with Gasteiger partial charge in [-0.1, -0.05) is 25.0 Å². The first-order valence-electron chi connectivity index (χ1n) is 8.61. The van der Waals surface area contributed by atoms with Crippen molar-refractivity contribution >= 4 is 29.4 Å². The molecule has 0 aliphatic carbocycles. The smallest absolute Gasteiger partial charge is 0.322 e. The van der Waals surface area contributed by atoms with Crippen molar-refractivity contribution in [2.24, 2.45) is 0 Å². The molecule has 140 valence electrons. The number of hydrogen-bond acceptors (Lipinski definition) is 6. The van der Waals surface area contributed by atoms with Gasteiger partial charge in [-0.15, -0.1) is 16.9 Å². The van der Waals surface area contributed by atoms with E-state index in [1.54, 1.807) is 23.9 Å². The van der Waals surface area contributed by atoms with Crippen molar-refractivity contribution in [2.75, 3.05) is 24.3 Å². The van der Waals surface area contributed by atoms with Gasteiger partial charge in [0.2, 0.25) is 5.89 Å². The summed E-state index contributed by atoms with van der Waals surface area (Å²) in [4.78, 5) is 15.5. The highest BCUT2D eigenvalue weighted by Gasteiger charge is 2.13. The molecule has 1 amide bonds. The van der Waals surface area contributed by atoms with Gasteiger partial charge in [-0.2, -0.15) is 0 Å². The first-order chi connectivity index (χ1) is 12.9. The quantitative estimate of drug-likeness (QED) is 0.631. The molecule has 2 aromatic carbocycles. The summed E-state index contributed by atoms with van der Waals surface area (Å²) >= 11 is 1.79. The van der Waals surface area contributed by atoms with Crippen LogP contribution in [0.25, 0.3) is 11.5 Å². The van der Waals surface area contributed by atoms with Crippen LogP contribution in [-0.2, 0) is 0 Å². The lowest BCUT2D eigenvalue weighted by atomic mass is 10.2. The Morgan fingerprint density at radius 3 is 2.52 bits per heavy atom. The maximum atomic E-state index is 12.4. The SMILES string of the molecule is CC(C)Sc1ccc(-c2nnc(NC(=O)c3cccc(N(C)C)c3)o2)cc1. The molecule has 3 rings (SSSR count). The zero-order valence-electron chi connectivity index (χ0n) is 15.8. The van der Waals surface area contributed by atoms with E-state index in [4.69, 9.17) is 4.42 Å². The minimum Gasteiger partial charge on any atom is -0.403 e. The standard InChI is InChI=1S/C20H22N4O2S/c1-13(2)27-17-10-8-14(9-11-17)19-22-23-20(26-19)21-18(25)15-6-5-7-16(12-15)24(3)4/h5-13H,1-4H3,(H,21,23,25). The number of benzene rings is 2. The molecule has 0 atom stereocenters. The number of rotatable bonds is 6. The normalized spacial score (nSPS) is 10.9. The third-order valence-corrected chi connectivity index (χ3v) is 4.76. The lowest BCUT2D eigenvalue weighted by Crippen LogP contribution is -2.14. The number of carbonyl (C=O) groups excluding carboxylic acids is 1. The Balaban J connectivity index is 1.70. The third kappa shape index (κ3) is 4.89. The first kappa shape index (κ1) is 19.0. The first-order valence-corrected chi connectivity index (χ1v) is 9.49. The van der Waals surface area contributed by atoms with Gasteiger partial charge >= 0.3 is 6.01 Å². The number of nitrogens with one attached hydrogen (secondary N) is 1. The lowest BCUT2D eigenvalue weighted by molar-refractivity contribution is 0.102. The molecular formula is C20H22N4O2S. The van der Waals surface area contributed by atoms with E-state index in [1.165, 1.54) is 4.90 Å².